The molecule has 2 rings (SSSR count). The fourth-order valence-electron chi connectivity index (χ4n) is 1.90. The molecule has 0 bridgehead atoms. The normalized spacial score (nSPS) is 12.1. The molecule has 0 fully saturated rings. The predicted molar refractivity (Wildman–Crippen MR) is 82.2 cm³/mol. The highest BCUT2D eigenvalue weighted by atomic mass is 79.9. The summed E-state index contributed by atoms with van der Waals surface area (Å²) < 4.78 is 16.8. The van der Waals surface area contributed by atoms with Gasteiger partial charge < -0.3 is 19.3 Å². The minimum Gasteiger partial charge on any atom is -0.493 e. The number of hydrogen-bond acceptors (Lipinski definition) is 5. The van der Waals surface area contributed by atoms with Crippen molar-refractivity contribution in [2.24, 2.45) is 0 Å². The first-order chi connectivity index (χ1) is 9.60. The molecule has 0 saturated carbocycles. The summed E-state index contributed by atoms with van der Waals surface area (Å²) in [5.41, 5.74) is 0.689. The van der Waals surface area contributed by atoms with Crippen LogP contribution in [0.1, 0.15) is 16.5 Å². The van der Waals surface area contributed by atoms with E-state index < -0.39 is 6.10 Å². The standard InChI is InChI=1S/C14H15BrO4S/c1-17-9-6-8(7-10(18-2)14(9)19-3)13(16)11-4-5-12(15)20-11/h4-7,13,16H,1-3H3. The Bertz CT molecular complexity index is 572. The van der Waals surface area contributed by atoms with Crippen LogP contribution in [0.4, 0.5) is 0 Å². The van der Waals surface area contributed by atoms with E-state index in [4.69, 9.17) is 14.2 Å². The van der Waals surface area contributed by atoms with E-state index in [9.17, 15) is 5.11 Å². The second-order valence-corrected chi connectivity index (χ2v) is 6.50. The molecule has 1 N–H and O–H groups in total. The topological polar surface area (TPSA) is 47.9 Å². The van der Waals surface area contributed by atoms with E-state index in [1.165, 1.54) is 11.3 Å². The molecule has 1 aromatic carbocycles. The van der Waals surface area contributed by atoms with Crippen LogP contribution in [0.25, 0.3) is 0 Å². The first-order valence-corrected chi connectivity index (χ1v) is 7.44. The Hall–Kier alpha value is -1.24. The lowest BCUT2D eigenvalue weighted by Crippen LogP contribution is -2.01. The van der Waals surface area contributed by atoms with Crippen molar-refractivity contribution in [3.05, 3.63) is 38.5 Å². The van der Waals surface area contributed by atoms with Crippen LogP contribution < -0.4 is 14.2 Å². The first kappa shape index (κ1) is 15.2. The average Bonchev–Trinajstić information content (AvgIpc) is 2.91. The molecule has 4 nitrogen and oxygen atoms in total. The predicted octanol–water partition coefficient (Wildman–Crippen LogP) is 3.62. The molecular formula is C14H15BrO4S. The fourth-order valence-corrected chi connectivity index (χ4v) is 3.34. The van der Waals surface area contributed by atoms with Gasteiger partial charge in [-0.1, -0.05) is 0 Å². The summed E-state index contributed by atoms with van der Waals surface area (Å²) in [5.74, 6) is 1.56. The van der Waals surface area contributed by atoms with Crippen LogP contribution >= 0.6 is 27.3 Å². The molecule has 0 amide bonds. The van der Waals surface area contributed by atoms with Gasteiger partial charge in [-0.2, -0.15) is 0 Å². The monoisotopic (exact) mass is 358 g/mol. The molecule has 0 aliphatic heterocycles. The van der Waals surface area contributed by atoms with Crippen LogP contribution in [-0.4, -0.2) is 26.4 Å². The summed E-state index contributed by atoms with van der Waals surface area (Å²) in [5, 5.41) is 10.4. The molecule has 6 heteroatoms. The zero-order valence-electron chi connectivity index (χ0n) is 11.3. The van der Waals surface area contributed by atoms with Gasteiger partial charge in [-0.25, -0.2) is 0 Å². The lowest BCUT2D eigenvalue weighted by atomic mass is 10.1. The van der Waals surface area contributed by atoms with Crippen molar-refractivity contribution in [1.82, 2.24) is 0 Å². The van der Waals surface area contributed by atoms with Gasteiger partial charge in [-0.05, 0) is 45.8 Å². The smallest absolute Gasteiger partial charge is 0.203 e. The molecule has 20 heavy (non-hydrogen) atoms. The molecule has 0 saturated heterocycles. The second kappa shape index (κ2) is 6.47. The third-order valence-electron chi connectivity index (χ3n) is 2.87. The molecule has 108 valence electrons. The molecule has 1 unspecified atom stereocenters. The molecule has 0 radical (unpaired) electrons. The van der Waals surface area contributed by atoms with Gasteiger partial charge in [-0.15, -0.1) is 11.3 Å². The molecule has 1 aromatic heterocycles. The molecule has 0 aliphatic carbocycles. The van der Waals surface area contributed by atoms with E-state index in [0.29, 0.717) is 22.8 Å². The molecule has 1 heterocycles. The van der Waals surface area contributed by atoms with Gasteiger partial charge in [0.25, 0.3) is 0 Å². The van der Waals surface area contributed by atoms with Gasteiger partial charge in [0.2, 0.25) is 5.75 Å². The van der Waals surface area contributed by atoms with Crippen LogP contribution in [0, 0.1) is 0 Å². The lowest BCUT2D eigenvalue weighted by molar-refractivity contribution is 0.222. The highest BCUT2D eigenvalue weighted by Crippen LogP contribution is 2.41. The van der Waals surface area contributed by atoms with Crippen molar-refractivity contribution in [3.8, 4) is 17.2 Å². The zero-order valence-corrected chi connectivity index (χ0v) is 13.7. The van der Waals surface area contributed by atoms with Gasteiger partial charge in [0.05, 0.1) is 25.1 Å². The van der Waals surface area contributed by atoms with E-state index in [1.54, 1.807) is 33.5 Å². The van der Waals surface area contributed by atoms with E-state index in [1.807, 2.05) is 12.1 Å². The molecule has 0 spiro atoms. The van der Waals surface area contributed by atoms with Crippen molar-refractivity contribution >= 4 is 27.3 Å². The number of rotatable bonds is 5. The zero-order chi connectivity index (χ0) is 14.7. The van der Waals surface area contributed by atoms with Gasteiger partial charge in [0, 0.05) is 4.88 Å². The van der Waals surface area contributed by atoms with Crippen LogP contribution in [0.2, 0.25) is 0 Å². The molecule has 0 aliphatic rings. The van der Waals surface area contributed by atoms with Crippen LogP contribution in [0.15, 0.2) is 28.1 Å². The number of benzene rings is 1. The largest absolute Gasteiger partial charge is 0.493 e. The van der Waals surface area contributed by atoms with Crippen LogP contribution in [-0.2, 0) is 0 Å². The summed E-state index contributed by atoms with van der Waals surface area (Å²) in [7, 11) is 4.65. The lowest BCUT2D eigenvalue weighted by Gasteiger charge is -2.16. The first-order valence-electron chi connectivity index (χ1n) is 5.84. The summed E-state index contributed by atoms with van der Waals surface area (Å²) in [6.45, 7) is 0. The van der Waals surface area contributed by atoms with Crippen molar-refractivity contribution in [1.29, 1.82) is 0 Å². The SMILES string of the molecule is COc1cc(C(O)c2ccc(Br)s2)cc(OC)c1OC. The maximum absolute atomic E-state index is 10.4. The Morgan fingerprint density at radius 1 is 1.05 bits per heavy atom. The minimum atomic E-state index is -0.736. The Morgan fingerprint density at radius 2 is 1.65 bits per heavy atom. The minimum absolute atomic E-state index is 0.512. The number of aliphatic hydroxyl groups excluding tert-OH is 1. The number of ether oxygens (including phenoxy) is 3. The third-order valence-corrected chi connectivity index (χ3v) is 4.54. The third kappa shape index (κ3) is 2.92. The van der Waals surface area contributed by atoms with Crippen molar-refractivity contribution in [2.45, 2.75) is 6.10 Å². The maximum atomic E-state index is 10.4. The van der Waals surface area contributed by atoms with E-state index in [0.717, 1.165) is 8.66 Å². The Balaban J connectivity index is 2.46. The van der Waals surface area contributed by atoms with Crippen LogP contribution in [0.3, 0.4) is 0 Å². The summed E-state index contributed by atoms with van der Waals surface area (Å²) in [6.07, 6.45) is -0.736. The Labute approximate surface area is 130 Å². The van der Waals surface area contributed by atoms with Gasteiger partial charge >= 0.3 is 0 Å². The maximum Gasteiger partial charge on any atom is 0.203 e. The summed E-state index contributed by atoms with van der Waals surface area (Å²) in [4.78, 5) is 0.839. The number of halogens is 1. The number of methoxy groups -OCH3 is 3. The molecule has 2 aromatic rings. The molecule has 1 atom stereocenters. The van der Waals surface area contributed by atoms with E-state index in [-0.39, 0.29) is 0 Å². The summed E-state index contributed by atoms with van der Waals surface area (Å²) >= 11 is 4.87. The van der Waals surface area contributed by atoms with E-state index >= 15 is 0 Å². The van der Waals surface area contributed by atoms with Crippen molar-refractivity contribution in [2.75, 3.05) is 21.3 Å². The highest BCUT2D eigenvalue weighted by Gasteiger charge is 2.19. The summed E-state index contributed by atoms with van der Waals surface area (Å²) in [6, 6.07) is 7.28. The Morgan fingerprint density at radius 3 is 2.05 bits per heavy atom. The van der Waals surface area contributed by atoms with Gasteiger partial charge in [-0.3, -0.25) is 0 Å². The number of hydrogen-bond donors (Lipinski definition) is 1. The second-order valence-electron chi connectivity index (χ2n) is 4.00. The van der Waals surface area contributed by atoms with Gasteiger partial charge in [0.15, 0.2) is 11.5 Å². The number of thiophene rings is 1. The quantitative estimate of drug-likeness (QED) is 0.886. The van der Waals surface area contributed by atoms with Crippen molar-refractivity contribution < 1.29 is 19.3 Å². The number of aliphatic hydroxyl groups is 1. The van der Waals surface area contributed by atoms with Crippen molar-refractivity contribution in [3.63, 3.8) is 0 Å². The Kier molecular flexibility index (Phi) is 4.91. The highest BCUT2D eigenvalue weighted by molar-refractivity contribution is 9.11. The average molecular weight is 359 g/mol. The van der Waals surface area contributed by atoms with Gasteiger partial charge in [0.1, 0.15) is 6.10 Å². The molecular weight excluding hydrogens is 344 g/mol. The fraction of sp³-hybridized carbons (Fsp3) is 0.286. The van der Waals surface area contributed by atoms with Crippen LogP contribution in [0.5, 0.6) is 17.2 Å². The van der Waals surface area contributed by atoms with E-state index in [2.05, 4.69) is 15.9 Å².